The molecule has 0 aromatic carbocycles. The zero-order valence-corrected chi connectivity index (χ0v) is 10.7. The van der Waals surface area contributed by atoms with Crippen LogP contribution in [0, 0.1) is 5.41 Å². The van der Waals surface area contributed by atoms with Crippen LogP contribution in [-0.4, -0.2) is 33.2 Å². The number of carbonyl (C=O) groups is 1. The van der Waals surface area contributed by atoms with Gasteiger partial charge in [0.25, 0.3) is 0 Å². The van der Waals surface area contributed by atoms with Crippen LogP contribution in [-0.2, 0) is 16.0 Å². The van der Waals surface area contributed by atoms with Crippen LogP contribution < -0.4 is 0 Å². The average Bonchev–Trinajstić information content (AvgIpc) is 2.94. The molecule has 0 spiro atoms. The number of carboxylic acid groups (broad SMARTS) is 1. The monoisotopic (exact) mass is 260 g/mol. The summed E-state index contributed by atoms with van der Waals surface area (Å²) in [5.41, 5.74) is 0.786. The molecule has 3 heterocycles. The van der Waals surface area contributed by atoms with E-state index in [2.05, 4.69) is 4.98 Å². The number of hydrogen-bond donors (Lipinski definition) is 1. The van der Waals surface area contributed by atoms with Gasteiger partial charge in [-0.15, -0.1) is 0 Å². The molecule has 2 aromatic rings. The van der Waals surface area contributed by atoms with Crippen molar-refractivity contribution < 1.29 is 14.6 Å². The van der Waals surface area contributed by atoms with Gasteiger partial charge in [0.2, 0.25) is 0 Å². The van der Waals surface area contributed by atoms with Gasteiger partial charge >= 0.3 is 5.97 Å². The lowest BCUT2D eigenvalue weighted by molar-refractivity contribution is -0.151. The van der Waals surface area contributed by atoms with Gasteiger partial charge in [-0.1, -0.05) is 6.07 Å². The van der Waals surface area contributed by atoms with Crippen molar-refractivity contribution in [2.75, 3.05) is 6.61 Å². The number of rotatable bonds is 3. The third-order valence-electron chi connectivity index (χ3n) is 4.03. The van der Waals surface area contributed by atoms with Crippen LogP contribution >= 0.6 is 0 Å². The molecule has 0 saturated carbocycles. The molecule has 1 N–H and O–H groups in total. The zero-order valence-electron chi connectivity index (χ0n) is 10.7. The Labute approximate surface area is 110 Å². The van der Waals surface area contributed by atoms with Gasteiger partial charge < -0.3 is 14.2 Å². The SMILES string of the molecule is CC1OCCC1(Cc1cn2ccccc2n1)C(=O)O. The number of aliphatic carboxylic acids is 1. The highest BCUT2D eigenvalue weighted by Crippen LogP contribution is 2.38. The fraction of sp³-hybridized carbons (Fsp3) is 0.429. The number of carboxylic acids is 1. The summed E-state index contributed by atoms with van der Waals surface area (Å²) >= 11 is 0. The Balaban J connectivity index is 1.96. The molecule has 1 aliphatic rings. The quantitative estimate of drug-likeness (QED) is 0.913. The minimum Gasteiger partial charge on any atom is -0.481 e. The van der Waals surface area contributed by atoms with Gasteiger partial charge in [-0.25, -0.2) is 4.98 Å². The van der Waals surface area contributed by atoms with Crippen molar-refractivity contribution in [2.45, 2.75) is 25.9 Å². The van der Waals surface area contributed by atoms with Crippen molar-refractivity contribution in [2.24, 2.45) is 5.41 Å². The van der Waals surface area contributed by atoms with E-state index < -0.39 is 11.4 Å². The van der Waals surface area contributed by atoms with Gasteiger partial charge in [-0.05, 0) is 25.5 Å². The second-order valence-corrected chi connectivity index (χ2v) is 5.10. The van der Waals surface area contributed by atoms with E-state index in [0.717, 1.165) is 11.3 Å². The van der Waals surface area contributed by atoms with E-state index in [0.29, 0.717) is 19.4 Å². The number of imidazole rings is 1. The van der Waals surface area contributed by atoms with Crippen LogP contribution in [0.3, 0.4) is 0 Å². The van der Waals surface area contributed by atoms with Crippen LogP contribution in [0.25, 0.3) is 5.65 Å². The Morgan fingerprint density at radius 1 is 1.63 bits per heavy atom. The minimum absolute atomic E-state index is 0.283. The molecule has 0 aliphatic carbocycles. The second-order valence-electron chi connectivity index (χ2n) is 5.10. The van der Waals surface area contributed by atoms with Gasteiger partial charge in [0, 0.05) is 25.4 Å². The number of aromatic nitrogens is 2. The van der Waals surface area contributed by atoms with Gasteiger partial charge in [-0.2, -0.15) is 0 Å². The topological polar surface area (TPSA) is 63.8 Å². The number of ether oxygens (including phenoxy) is 1. The number of nitrogens with zero attached hydrogens (tertiary/aromatic N) is 2. The zero-order chi connectivity index (χ0) is 13.5. The average molecular weight is 260 g/mol. The fourth-order valence-electron chi connectivity index (χ4n) is 2.76. The Bertz CT molecular complexity index is 589. The van der Waals surface area contributed by atoms with E-state index in [4.69, 9.17) is 4.74 Å². The van der Waals surface area contributed by atoms with Gasteiger partial charge in [-0.3, -0.25) is 4.79 Å². The molecule has 2 aromatic heterocycles. The van der Waals surface area contributed by atoms with Crippen LogP contribution in [0.4, 0.5) is 0 Å². The normalized spacial score (nSPS) is 26.9. The molecule has 3 rings (SSSR count). The molecule has 0 radical (unpaired) electrons. The van der Waals surface area contributed by atoms with Crippen molar-refractivity contribution in [3.8, 4) is 0 Å². The first-order valence-electron chi connectivity index (χ1n) is 6.39. The highest BCUT2D eigenvalue weighted by Gasteiger charge is 2.48. The molecular formula is C14H16N2O3. The molecule has 100 valence electrons. The van der Waals surface area contributed by atoms with Crippen LogP contribution in [0.1, 0.15) is 19.0 Å². The second kappa shape index (κ2) is 4.35. The summed E-state index contributed by atoms with van der Waals surface area (Å²) in [5.74, 6) is -0.797. The van der Waals surface area contributed by atoms with Gasteiger partial charge in [0.15, 0.2) is 0 Å². The lowest BCUT2D eigenvalue weighted by Gasteiger charge is -2.26. The maximum Gasteiger partial charge on any atom is 0.312 e. The molecule has 19 heavy (non-hydrogen) atoms. The van der Waals surface area contributed by atoms with Crippen LogP contribution in [0.5, 0.6) is 0 Å². The first kappa shape index (κ1) is 12.2. The molecule has 0 amide bonds. The predicted octanol–water partition coefficient (Wildman–Crippen LogP) is 1.76. The fourth-order valence-corrected chi connectivity index (χ4v) is 2.76. The van der Waals surface area contributed by atoms with Crippen molar-refractivity contribution in [3.05, 3.63) is 36.3 Å². The third kappa shape index (κ3) is 1.90. The van der Waals surface area contributed by atoms with E-state index in [1.165, 1.54) is 0 Å². The molecule has 1 fully saturated rings. The molecule has 5 nitrogen and oxygen atoms in total. The van der Waals surface area contributed by atoms with E-state index in [9.17, 15) is 9.90 Å². The standard InChI is InChI=1S/C14H16N2O3/c1-10-14(13(17)18,5-7-19-10)8-11-9-16-6-3-2-4-12(16)15-11/h2-4,6,9-10H,5,7-8H2,1H3,(H,17,18). The highest BCUT2D eigenvalue weighted by atomic mass is 16.5. The molecule has 2 atom stereocenters. The van der Waals surface area contributed by atoms with Gasteiger partial charge in [0.05, 0.1) is 11.8 Å². The summed E-state index contributed by atoms with van der Waals surface area (Å²) in [6.45, 7) is 2.33. The van der Waals surface area contributed by atoms with Crippen LogP contribution in [0.15, 0.2) is 30.6 Å². The lowest BCUT2D eigenvalue weighted by atomic mass is 9.78. The summed E-state index contributed by atoms with van der Waals surface area (Å²) in [7, 11) is 0. The molecular weight excluding hydrogens is 244 g/mol. The number of fused-ring (bicyclic) bond motifs is 1. The lowest BCUT2D eigenvalue weighted by Crippen LogP contribution is -2.39. The third-order valence-corrected chi connectivity index (χ3v) is 4.03. The molecule has 1 aliphatic heterocycles. The molecule has 2 unspecified atom stereocenters. The maximum atomic E-state index is 11.6. The highest BCUT2D eigenvalue weighted by molar-refractivity contribution is 5.76. The maximum absolute atomic E-state index is 11.6. The molecule has 1 saturated heterocycles. The molecule has 5 heteroatoms. The number of pyridine rings is 1. The Kier molecular flexibility index (Phi) is 2.78. The Morgan fingerprint density at radius 2 is 2.47 bits per heavy atom. The number of hydrogen-bond acceptors (Lipinski definition) is 3. The van der Waals surface area contributed by atoms with E-state index in [-0.39, 0.29) is 6.10 Å². The summed E-state index contributed by atoms with van der Waals surface area (Å²) in [5, 5.41) is 9.56. The molecule has 0 bridgehead atoms. The van der Waals surface area contributed by atoms with E-state index in [1.54, 1.807) is 0 Å². The first-order chi connectivity index (χ1) is 9.12. The summed E-state index contributed by atoms with van der Waals surface area (Å²) in [4.78, 5) is 16.1. The summed E-state index contributed by atoms with van der Waals surface area (Å²) in [6, 6.07) is 5.75. The predicted molar refractivity (Wildman–Crippen MR) is 69.0 cm³/mol. The van der Waals surface area contributed by atoms with Crippen molar-refractivity contribution in [1.82, 2.24) is 9.38 Å². The van der Waals surface area contributed by atoms with E-state index >= 15 is 0 Å². The summed E-state index contributed by atoms with van der Waals surface area (Å²) < 4.78 is 7.37. The largest absolute Gasteiger partial charge is 0.481 e. The minimum atomic E-state index is -0.849. The Morgan fingerprint density at radius 3 is 3.11 bits per heavy atom. The smallest absolute Gasteiger partial charge is 0.312 e. The van der Waals surface area contributed by atoms with Crippen LogP contribution in [0.2, 0.25) is 0 Å². The summed E-state index contributed by atoms with van der Waals surface area (Å²) in [6.07, 6.45) is 4.47. The van der Waals surface area contributed by atoms with Crippen molar-refractivity contribution in [1.29, 1.82) is 0 Å². The van der Waals surface area contributed by atoms with E-state index in [1.807, 2.05) is 41.9 Å². The van der Waals surface area contributed by atoms with Crippen molar-refractivity contribution >= 4 is 11.6 Å². The Hall–Kier alpha value is -1.88. The van der Waals surface area contributed by atoms with Crippen molar-refractivity contribution in [3.63, 3.8) is 0 Å². The van der Waals surface area contributed by atoms with Gasteiger partial charge in [0.1, 0.15) is 11.1 Å². The first-order valence-corrected chi connectivity index (χ1v) is 6.39.